The maximum absolute atomic E-state index is 12.4. The highest BCUT2D eigenvalue weighted by Crippen LogP contribution is 2.66. The van der Waals surface area contributed by atoms with Crippen LogP contribution in [0.5, 0.6) is 0 Å². The molecule has 100 valence electrons. The molecule has 0 saturated heterocycles. The second-order valence-electron chi connectivity index (χ2n) is 5.59. The van der Waals surface area contributed by atoms with Crippen LogP contribution in [0.4, 0.5) is 0 Å². The van der Waals surface area contributed by atoms with Crippen LogP contribution in [0.2, 0.25) is 0 Å². The van der Waals surface area contributed by atoms with E-state index in [-0.39, 0.29) is 11.7 Å². The van der Waals surface area contributed by atoms with Crippen LogP contribution in [0.1, 0.15) is 25.7 Å². The van der Waals surface area contributed by atoms with Gasteiger partial charge < -0.3 is 14.6 Å². The number of Topliss-reactive ketones (excluding diaryl/α,β-unsaturated/α-hetero) is 2. The lowest BCUT2D eigenvalue weighted by molar-refractivity contribution is -0.272. The molecular formula is C13H18O5. The summed E-state index contributed by atoms with van der Waals surface area (Å²) in [6.45, 7) is 0. The van der Waals surface area contributed by atoms with Crippen LogP contribution >= 0.6 is 0 Å². The van der Waals surface area contributed by atoms with Gasteiger partial charge in [-0.25, -0.2) is 0 Å². The highest BCUT2D eigenvalue weighted by Gasteiger charge is 2.80. The van der Waals surface area contributed by atoms with E-state index in [1.807, 2.05) is 0 Å². The average molecular weight is 254 g/mol. The van der Waals surface area contributed by atoms with E-state index < -0.39 is 29.0 Å². The fourth-order valence-electron chi connectivity index (χ4n) is 4.65. The van der Waals surface area contributed by atoms with Crippen molar-refractivity contribution in [3.8, 4) is 0 Å². The number of aliphatic hydroxyl groups excluding tert-OH is 1. The van der Waals surface area contributed by atoms with Crippen molar-refractivity contribution in [1.82, 2.24) is 0 Å². The van der Waals surface area contributed by atoms with Gasteiger partial charge in [0.1, 0.15) is 0 Å². The predicted octanol–water partition coefficient (Wildman–Crippen LogP) is 0.295. The van der Waals surface area contributed by atoms with Crippen LogP contribution in [-0.2, 0) is 19.1 Å². The molecule has 1 spiro atoms. The molecule has 0 aromatic carbocycles. The Balaban J connectivity index is 2.18. The molecule has 0 amide bonds. The predicted molar refractivity (Wildman–Crippen MR) is 60.7 cm³/mol. The van der Waals surface area contributed by atoms with Gasteiger partial charge in [0.05, 0.1) is 17.4 Å². The molecule has 5 nitrogen and oxygen atoms in total. The van der Waals surface area contributed by atoms with Crippen molar-refractivity contribution in [3.05, 3.63) is 0 Å². The molecule has 3 rings (SSSR count). The highest BCUT2D eigenvalue weighted by atomic mass is 16.7. The van der Waals surface area contributed by atoms with Gasteiger partial charge in [-0.15, -0.1) is 0 Å². The van der Waals surface area contributed by atoms with E-state index in [1.165, 1.54) is 14.2 Å². The fourth-order valence-corrected chi connectivity index (χ4v) is 4.65. The number of rotatable bonds is 2. The third-order valence-corrected chi connectivity index (χ3v) is 5.29. The van der Waals surface area contributed by atoms with E-state index in [0.29, 0.717) is 19.3 Å². The van der Waals surface area contributed by atoms with Crippen LogP contribution in [0.15, 0.2) is 0 Å². The van der Waals surface area contributed by atoms with E-state index in [2.05, 4.69) is 0 Å². The highest BCUT2D eigenvalue weighted by molar-refractivity contribution is 6.43. The molecule has 0 unspecified atom stereocenters. The van der Waals surface area contributed by atoms with Crippen LogP contribution in [0, 0.1) is 17.3 Å². The van der Waals surface area contributed by atoms with Crippen molar-refractivity contribution < 1.29 is 24.2 Å². The molecular weight excluding hydrogens is 236 g/mol. The van der Waals surface area contributed by atoms with Gasteiger partial charge in [0, 0.05) is 20.1 Å². The molecule has 3 saturated carbocycles. The molecule has 3 aliphatic rings. The van der Waals surface area contributed by atoms with Crippen molar-refractivity contribution in [1.29, 1.82) is 0 Å². The number of ether oxygens (including phenoxy) is 2. The Morgan fingerprint density at radius 3 is 2.56 bits per heavy atom. The topological polar surface area (TPSA) is 72.8 Å². The summed E-state index contributed by atoms with van der Waals surface area (Å²) in [6.07, 6.45) is 1.93. The number of hydrogen-bond acceptors (Lipinski definition) is 5. The number of carbonyl (C=O) groups excluding carboxylic acids is 2. The van der Waals surface area contributed by atoms with Crippen molar-refractivity contribution in [2.75, 3.05) is 14.2 Å². The lowest BCUT2D eigenvalue weighted by Crippen LogP contribution is -2.56. The van der Waals surface area contributed by atoms with E-state index in [1.54, 1.807) is 0 Å². The number of aliphatic hydroxyl groups is 1. The first-order valence-electron chi connectivity index (χ1n) is 6.42. The van der Waals surface area contributed by atoms with Crippen LogP contribution in [0.3, 0.4) is 0 Å². The Kier molecular flexibility index (Phi) is 2.47. The summed E-state index contributed by atoms with van der Waals surface area (Å²) in [6, 6.07) is 0. The lowest BCUT2D eigenvalue weighted by atomic mass is 9.62. The average Bonchev–Trinajstić information content (AvgIpc) is 2.76. The van der Waals surface area contributed by atoms with Gasteiger partial charge in [0.2, 0.25) is 11.6 Å². The normalized spacial score (nSPS) is 45.4. The molecule has 3 aliphatic carbocycles. The largest absolute Gasteiger partial charge is 0.393 e. The molecule has 0 radical (unpaired) electrons. The molecule has 0 aromatic rings. The van der Waals surface area contributed by atoms with Crippen molar-refractivity contribution in [2.24, 2.45) is 17.3 Å². The number of carbonyl (C=O) groups is 2. The van der Waals surface area contributed by atoms with Crippen LogP contribution < -0.4 is 0 Å². The Hall–Kier alpha value is -0.780. The van der Waals surface area contributed by atoms with Gasteiger partial charge in [0.15, 0.2) is 5.79 Å². The summed E-state index contributed by atoms with van der Waals surface area (Å²) >= 11 is 0. The molecule has 0 aliphatic heterocycles. The Labute approximate surface area is 105 Å². The standard InChI is InChI=1S/C13H18O5/c1-17-13(18-2)8-6-7-9(14)4-3-5-12(7,13)11(16)10(8)15/h7-9,14H,3-6H2,1-2H3/t7-,8+,9+,12-/m1/s1. The second-order valence-corrected chi connectivity index (χ2v) is 5.59. The number of fused-ring (bicyclic) bond motifs is 1. The second kappa shape index (κ2) is 3.62. The monoisotopic (exact) mass is 254 g/mol. The minimum Gasteiger partial charge on any atom is -0.393 e. The summed E-state index contributed by atoms with van der Waals surface area (Å²) in [7, 11) is 2.96. The van der Waals surface area contributed by atoms with Gasteiger partial charge in [0.25, 0.3) is 0 Å². The molecule has 2 bridgehead atoms. The van der Waals surface area contributed by atoms with E-state index in [9.17, 15) is 14.7 Å². The minimum atomic E-state index is -1.16. The zero-order valence-corrected chi connectivity index (χ0v) is 10.6. The van der Waals surface area contributed by atoms with Crippen molar-refractivity contribution >= 4 is 11.6 Å². The van der Waals surface area contributed by atoms with Crippen LogP contribution in [0.25, 0.3) is 0 Å². The smallest absolute Gasteiger partial charge is 0.210 e. The van der Waals surface area contributed by atoms with Crippen LogP contribution in [-0.4, -0.2) is 42.8 Å². The zero-order valence-electron chi connectivity index (χ0n) is 10.6. The summed E-state index contributed by atoms with van der Waals surface area (Å²) in [5.74, 6) is -2.71. The van der Waals surface area contributed by atoms with Gasteiger partial charge >= 0.3 is 0 Å². The molecule has 1 N–H and O–H groups in total. The minimum absolute atomic E-state index is 0.207. The Morgan fingerprint density at radius 2 is 1.94 bits per heavy atom. The third-order valence-electron chi connectivity index (χ3n) is 5.29. The molecule has 4 atom stereocenters. The molecule has 3 fully saturated rings. The maximum Gasteiger partial charge on any atom is 0.210 e. The number of hydrogen-bond donors (Lipinski definition) is 1. The Bertz CT molecular complexity index is 414. The quantitative estimate of drug-likeness (QED) is 0.566. The summed E-state index contributed by atoms with van der Waals surface area (Å²) < 4.78 is 11.0. The van der Waals surface area contributed by atoms with Gasteiger partial charge in [-0.1, -0.05) is 0 Å². The number of methoxy groups -OCH3 is 2. The summed E-state index contributed by atoms with van der Waals surface area (Å²) in [5.41, 5.74) is -0.962. The van der Waals surface area contributed by atoms with Gasteiger partial charge in [-0.2, -0.15) is 0 Å². The first-order chi connectivity index (χ1) is 8.55. The lowest BCUT2D eigenvalue weighted by Gasteiger charge is -2.46. The Morgan fingerprint density at radius 1 is 1.28 bits per heavy atom. The number of ketones is 2. The van der Waals surface area contributed by atoms with E-state index in [0.717, 1.165) is 6.42 Å². The third kappa shape index (κ3) is 1.01. The van der Waals surface area contributed by atoms with E-state index >= 15 is 0 Å². The fraction of sp³-hybridized carbons (Fsp3) is 0.846. The van der Waals surface area contributed by atoms with Gasteiger partial charge in [-0.3, -0.25) is 9.59 Å². The van der Waals surface area contributed by atoms with E-state index in [4.69, 9.17) is 9.47 Å². The molecule has 0 aromatic heterocycles. The first-order valence-corrected chi connectivity index (χ1v) is 6.42. The molecule has 18 heavy (non-hydrogen) atoms. The molecule has 5 heteroatoms. The maximum atomic E-state index is 12.4. The zero-order chi connectivity index (χ0) is 13.1. The summed E-state index contributed by atoms with van der Waals surface area (Å²) in [5, 5.41) is 10.1. The van der Waals surface area contributed by atoms with Gasteiger partial charge in [-0.05, 0) is 25.7 Å². The summed E-state index contributed by atoms with van der Waals surface area (Å²) in [4.78, 5) is 24.4. The van der Waals surface area contributed by atoms with Crippen molar-refractivity contribution in [3.63, 3.8) is 0 Å². The van der Waals surface area contributed by atoms with Crippen molar-refractivity contribution in [2.45, 2.75) is 37.6 Å². The SMILES string of the molecule is COC1(OC)[C@H]2C[C@@H]3[C@@H](O)CCC[C@]31C(=O)C2=O. The first kappa shape index (κ1) is 12.3. The molecule has 0 heterocycles.